The Labute approximate surface area is 110 Å². The maximum Gasteiger partial charge on any atom is 0.277 e. The second kappa shape index (κ2) is 5.39. The van der Waals surface area contributed by atoms with Gasteiger partial charge in [0.1, 0.15) is 11.5 Å². The Kier molecular flexibility index (Phi) is 3.66. The smallest absolute Gasteiger partial charge is 0.277 e. The lowest BCUT2D eigenvalue weighted by molar-refractivity contribution is -0.384. The van der Waals surface area contributed by atoms with Gasteiger partial charge in [-0.15, -0.1) is 0 Å². The zero-order chi connectivity index (χ0) is 13.8. The maximum atomic E-state index is 11.1. The van der Waals surface area contributed by atoms with Gasteiger partial charge in [-0.2, -0.15) is 0 Å². The van der Waals surface area contributed by atoms with E-state index in [0.29, 0.717) is 22.6 Å². The molecule has 0 fully saturated rings. The summed E-state index contributed by atoms with van der Waals surface area (Å²) >= 11 is 0. The zero-order valence-corrected chi connectivity index (χ0v) is 10.6. The SMILES string of the molecule is COc1cccc(OC)c1-c1ccccc1[N+](=O)[O-]. The number of methoxy groups -OCH3 is 2. The highest BCUT2D eigenvalue weighted by Gasteiger charge is 2.21. The molecule has 0 aliphatic heterocycles. The minimum Gasteiger partial charge on any atom is -0.496 e. The molecule has 0 N–H and O–H groups in total. The molecule has 5 heteroatoms. The number of rotatable bonds is 4. The third-order valence-corrected chi connectivity index (χ3v) is 2.80. The molecule has 0 aromatic heterocycles. The van der Waals surface area contributed by atoms with E-state index in [1.165, 1.54) is 20.3 Å². The summed E-state index contributed by atoms with van der Waals surface area (Å²) < 4.78 is 10.5. The first kappa shape index (κ1) is 12.9. The highest BCUT2D eigenvalue weighted by atomic mass is 16.6. The number of benzene rings is 2. The Balaban J connectivity index is 2.74. The van der Waals surface area contributed by atoms with Crippen LogP contribution >= 0.6 is 0 Å². The van der Waals surface area contributed by atoms with Crippen LogP contribution in [-0.2, 0) is 0 Å². The minimum atomic E-state index is -0.415. The number of para-hydroxylation sites is 1. The monoisotopic (exact) mass is 259 g/mol. The summed E-state index contributed by atoms with van der Waals surface area (Å²) in [7, 11) is 3.04. The molecule has 0 aliphatic carbocycles. The predicted octanol–water partition coefficient (Wildman–Crippen LogP) is 3.28. The van der Waals surface area contributed by atoms with Gasteiger partial charge in [0.25, 0.3) is 5.69 Å². The Morgan fingerprint density at radius 2 is 1.53 bits per heavy atom. The zero-order valence-electron chi connectivity index (χ0n) is 10.6. The summed E-state index contributed by atoms with van der Waals surface area (Å²) in [5.41, 5.74) is 1.08. The summed E-state index contributed by atoms with van der Waals surface area (Å²) in [6.07, 6.45) is 0. The van der Waals surface area contributed by atoms with Crippen LogP contribution in [0.3, 0.4) is 0 Å². The van der Waals surface area contributed by atoms with Crippen LogP contribution in [0.1, 0.15) is 0 Å². The fourth-order valence-electron chi connectivity index (χ4n) is 1.96. The Morgan fingerprint density at radius 3 is 2.05 bits per heavy atom. The summed E-state index contributed by atoms with van der Waals surface area (Å²) in [5.74, 6) is 1.07. The van der Waals surface area contributed by atoms with Crippen molar-refractivity contribution in [2.45, 2.75) is 0 Å². The molecule has 0 unspecified atom stereocenters. The average molecular weight is 259 g/mol. The second-order valence-corrected chi connectivity index (χ2v) is 3.81. The maximum absolute atomic E-state index is 11.1. The van der Waals surface area contributed by atoms with Gasteiger partial charge >= 0.3 is 0 Å². The fraction of sp³-hybridized carbons (Fsp3) is 0.143. The molecule has 19 heavy (non-hydrogen) atoms. The van der Waals surface area contributed by atoms with Gasteiger partial charge in [0.05, 0.1) is 30.3 Å². The van der Waals surface area contributed by atoms with E-state index < -0.39 is 4.92 Å². The van der Waals surface area contributed by atoms with Crippen LogP contribution in [0, 0.1) is 10.1 Å². The summed E-state index contributed by atoms with van der Waals surface area (Å²) in [6, 6.07) is 11.8. The molecule has 0 aliphatic rings. The molecule has 2 aromatic carbocycles. The first-order valence-electron chi connectivity index (χ1n) is 5.63. The van der Waals surface area contributed by atoms with E-state index >= 15 is 0 Å². The Bertz CT molecular complexity index is 588. The third-order valence-electron chi connectivity index (χ3n) is 2.80. The fourth-order valence-corrected chi connectivity index (χ4v) is 1.96. The summed E-state index contributed by atoms with van der Waals surface area (Å²) in [4.78, 5) is 10.7. The van der Waals surface area contributed by atoms with E-state index in [1.54, 1.807) is 36.4 Å². The number of ether oxygens (including phenoxy) is 2. The average Bonchev–Trinajstić information content (AvgIpc) is 2.46. The first-order chi connectivity index (χ1) is 9.19. The molecule has 0 amide bonds. The molecule has 0 saturated carbocycles. The van der Waals surface area contributed by atoms with Crippen molar-refractivity contribution in [3.05, 3.63) is 52.6 Å². The van der Waals surface area contributed by atoms with Crippen LogP contribution in [0.25, 0.3) is 11.1 Å². The van der Waals surface area contributed by atoms with Gasteiger partial charge < -0.3 is 9.47 Å². The predicted molar refractivity (Wildman–Crippen MR) is 71.6 cm³/mol. The van der Waals surface area contributed by atoms with E-state index in [-0.39, 0.29) is 5.69 Å². The number of hydrogen-bond acceptors (Lipinski definition) is 4. The Morgan fingerprint density at radius 1 is 0.947 bits per heavy atom. The van der Waals surface area contributed by atoms with E-state index in [4.69, 9.17) is 9.47 Å². The second-order valence-electron chi connectivity index (χ2n) is 3.81. The summed E-state index contributed by atoms with van der Waals surface area (Å²) in [6.45, 7) is 0. The van der Waals surface area contributed by atoms with Gasteiger partial charge in [-0.3, -0.25) is 10.1 Å². The quantitative estimate of drug-likeness (QED) is 0.624. The topological polar surface area (TPSA) is 61.6 Å². The van der Waals surface area contributed by atoms with Crippen LogP contribution in [-0.4, -0.2) is 19.1 Å². The largest absolute Gasteiger partial charge is 0.496 e. The highest BCUT2D eigenvalue weighted by Crippen LogP contribution is 2.42. The van der Waals surface area contributed by atoms with Gasteiger partial charge in [0, 0.05) is 6.07 Å². The molecule has 0 heterocycles. The molecule has 0 atom stereocenters. The lowest BCUT2D eigenvalue weighted by Crippen LogP contribution is -1.96. The minimum absolute atomic E-state index is 0.0188. The molecule has 2 aromatic rings. The van der Waals surface area contributed by atoms with Crippen molar-refractivity contribution >= 4 is 5.69 Å². The van der Waals surface area contributed by atoms with Crippen molar-refractivity contribution in [3.8, 4) is 22.6 Å². The number of nitro groups is 1. The van der Waals surface area contributed by atoms with Gasteiger partial charge in [-0.25, -0.2) is 0 Å². The molecule has 98 valence electrons. The normalized spacial score (nSPS) is 10.0. The van der Waals surface area contributed by atoms with E-state index in [9.17, 15) is 10.1 Å². The van der Waals surface area contributed by atoms with Crippen LogP contribution in [0.4, 0.5) is 5.69 Å². The van der Waals surface area contributed by atoms with Crippen molar-refractivity contribution in [1.29, 1.82) is 0 Å². The lowest BCUT2D eigenvalue weighted by Gasteiger charge is -2.13. The van der Waals surface area contributed by atoms with E-state index in [1.807, 2.05) is 0 Å². The van der Waals surface area contributed by atoms with Crippen molar-refractivity contribution in [2.24, 2.45) is 0 Å². The van der Waals surface area contributed by atoms with Gasteiger partial charge in [0.2, 0.25) is 0 Å². The number of nitrogens with zero attached hydrogens (tertiary/aromatic N) is 1. The molecule has 0 bridgehead atoms. The Hall–Kier alpha value is -2.56. The molecule has 0 spiro atoms. The van der Waals surface area contributed by atoms with Crippen molar-refractivity contribution in [1.82, 2.24) is 0 Å². The molecular weight excluding hydrogens is 246 g/mol. The first-order valence-corrected chi connectivity index (χ1v) is 5.63. The van der Waals surface area contributed by atoms with Crippen molar-refractivity contribution in [3.63, 3.8) is 0 Å². The lowest BCUT2D eigenvalue weighted by atomic mass is 10.0. The van der Waals surface area contributed by atoms with Gasteiger partial charge in [-0.1, -0.05) is 18.2 Å². The molecular formula is C14H13NO4. The van der Waals surface area contributed by atoms with E-state index in [2.05, 4.69) is 0 Å². The number of nitro benzene ring substituents is 1. The highest BCUT2D eigenvalue weighted by molar-refractivity contribution is 5.83. The van der Waals surface area contributed by atoms with Gasteiger partial charge in [0.15, 0.2) is 0 Å². The number of hydrogen-bond donors (Lipinski definition) is 0. The molecule has 2 rings (SSSR count). The van der Waals surface area contributed by atoms with Crippen molar-refractivity contribution in [2.75, 3.05) is 14.2 Å². The third kappa shape index (κ3) is 2.35. The van der Waals surface area contributed by atoms with Crippen LogP contribution in [0.5, 0.6) is 11.5 Å². The summed E-state index contributed by atoms with van der Waals surface area (Å²) in [5, 5.41) is 11.1. The molecule has 0 radical (unpaired) electrons. The molecule has 0 saturated heterocycles. The van der Waals surface area contributed by atoms with Crippen LogP contribution < -0.4 is 9.47 Å². The van der Waals surface area contributed by atoms with Crippen LogP contribution in [0.15, 0.2) is 42.5 Å². The van der Waals surface area contributed by atoms with Crippen molar-refractivity contribution < 1.29 is 14.4 Å². The van der Waals surface area contributed by atoms with E-state index in [0.717, 1.165) is 0 Å². The van der Waals surface area contributed by atoms with Crippen LogP contribution in [0.2, 0.25) is 0 Å². The standard InChI is InChI=1S/C14H13NO4/c1-18-12-8-5-9-13(19-2)14(12)10-6-3-4-7-11(10)15(16)17/h3-9H,1-2H3. The molecule has 5 nitrogen and oxygen atoms in total. The van der Waals surface area contributed by atoms with Gasteiger partial charge in [-0.05, 0) is 18.2 Å².